The van der Waals surface area contributed by atoms with Gasteiger partial charge in [0.1, 0.15) is 0 Å². The molecular weight excluding hydrogens is 266 g/mol. The quantitative estimate of drug-likeness (QED) is 0.624. The van der Waals surface area contributed by atoms with Crippen LogP contribution in [0.4, 0.5) is 0 Å². The van der Waals surface area contributed by atoms with Crippen molar-refractivity contribution in [1.29, 1.82) is 0 Å². The lowest BCUT2D eigenvalue weighted by Gasteiger charge is -2.26. The zero-order valence-electron chi connectivity index (χ0n) is 10.1. The molecule has 1 fully saturated rings. The van der Waals surface area contributed by atoms with Crippen LogP contribution in [0.3, 0.4) is 0 Å². The van der Waals surface area contributed by atoms with Crippen molar-refractivity contribution in [3.05, 3.63) is 0 Å². The Morgan fingerprint density at radius 1 is 1.18 bits per heavy atom. The van der Waals surface area contributed by atoms with Crippen molar-refractivity contribution < 1.29 is 13.2 Å². The van der Waals surface area contributed by atoms with E-state index in [9.17, 15) is 8.42 Å². The number of nitrogens with one attached hydrogen (secondary N) is 2. The Hall–Kier alpha value is 0.0800. The van der Waals surface area contributed by atoms with Crippen LogP contribution in [-0.2, 0) is 14.9 Å². The molecule has 0 atom stereocenters. The van der Waals surface area contributed by atoms with Crippen LogP contribution in [0.25, 0.3) is 0 Å². The zero-order chi connectivity index (χ0) is 11.9. The van der Waals surface area contributed by atoms with Crippen LogP contribution in [0, 0.1) is 0 Å². The average molecular weight is 288 g/mol. The van der Waals surface area contributed by atoms with Crippen LogP contribution in [0.1, 0.15) is 13.3 Å². The summed E-state index contributed by atoms with van der Waals surface area (Å²) in [6, 6.07) is 0. The maximum atomic E-state index is 11.7. The number of hydrogen-bond acceptors (Lipinski definition) is 4. The normalized spacial score (nSPS) is 17.7. The molecule has 0 aromatic carbocycles. The summed E-state index contributed by atoms with van der Waals surface area (Å²) in [6.45, 7) is 5.93. The van der Waals surface area contributed by atoms with Crippen LogP contribution in [-0.4, -0.2) is 58.7 Å². The van der Waals surface area contributed by atoms with Crippen LogP contribution in [0.5, 0.6) is 0 Å². The molecule has 0 bridgehead atoms. The predicted molar refractivity (Wildman–Crippen MR) is 69.7 cm³/mol. The van der Waals surface area contributed by atoms with Gasteiger partial charge in [-0.1, -0.05) is 6.92 Å². The molecule has 0 spiro atoms. The van der Waals surface area contributed by atoms with E-state index in [0.29, 0.717) is 39.4 Å². The van der Waals surface area contributed by atoms with E-state index < -0.39 is 10.2 Å². The minimum Gasteiger partial charge on any atom is -0.379 e. The SMILES string of the molecule is CCCNCCNS(=O)(=O)N1CCOCC1.Cl. The lowest BCUT2D eigenvalue weighted by molar-refractivity contribution is 0.0725. The summed E-state index contributed by atoms with van der Waals surface area (Å²) in [5.74, 6) is 0. The van der Waals surface area contributed by atoms with E-state index in [1.54, 1.807) is 0 Å². The Labute approximate surface area is 110 Å². The molecule has 2 N–H and O–H groups in total. The number of halogens is 1. The lowest BCUT2D eigenvalue weighted by atomic mass is 10.5. The number of ether oxygens (including phenoxy) is 1. The van der Waals surface area contributed by atoms with Gasteiger partial charge in [-0.05, 0) is 13.0 Å². The van der Waals surface area contributed by atoms with Gasteiger partial charge in [0.15, 0.2) is 0 Å². The highest BCUT2D eigenvalue weighted by Gasteiger charge is 2.23. The molecule has 17 heavy (non-hydrogen) atoms. The predicted octanol–water partition coefficient (Wildman–Crippen LogP) is -0.426. The maximum Gasteiger partial charge on any atom is 0.279 e. The average Bonchev–Trinajstić information content (AvgIpc) is 2.30. The molecule has 1 heterocycles. The van der Waals surface area contributed by atoms with Gasteiger partial charge < -0.3 is 10.1 Å². The van der Waals surface area contributed by atoms with Gasteiger partial charge >= 0.3 is 0 Å². The number of hydrogen-bond donors (Lipinski definition) is 2. The first-order valence-electron chi connectivity index (χ1n) is 5.70. The van der Waals surface area contributed by atoms with E-state index in [2.05, 4.69) is 17.0 Å². The van der Waals surface area contributed by atoms with Gasteiger partial charge in [-0.2, -0.15) is 12.7 Å². The van der Waals surface area contributed by atoms with E-state index in [1.165, 1.54) is 4.31 Å². The highest BCUT2D eigenvalue weighted by molar-refractivity contribution is 7.87. The smallest absolute Gasteiger partial charge is 0.279 e. The molecule has 8 heteroatoms. The molecule has 0 unspecified atom stereocenters. The van der Waals surface area contributed by atoms with Crippen molar-refractivity contribution in [3.8, 4) is 0 Å². The van der Waals surface area contributed by atoms with E-state index >= 15 is 0 Å². The van der Waals surface area contributed by atoms with Gasteiger partial charge in [0.2, 0.25) is 0 Å². The first kappa shape index (κ1) is 17.1. The Balaban J connectivity index is 0.00000256. The summed E-state index contributed by atoms with van der Waals surface area (Å²) < 4.78 is 32.6. The van der Waals surface area contributed by atoms with E-state index in [0.717, 1.165) is 13.0 Å². The molecule has 0 radical (unpaired) electrons. The first-order valence-corrected chi connectivity index (χ1v) is 7.14. The molecule has 1 saturated heterocycles. The van der Waals surface area contributed by atoms with E-state index in [1.807, 2.05) is 0 Å². The van der Waals surface area contributed by atoms with E-state index in [-0.39, 0.29) is 12.4 Å². The lowest BCUT2D eigenvalue weighted by Crippen LogP contribution is -2.47. The van der Waals surface area contributed by atoms with Gasteiger partial charge in [0.05, 0.1) is 13.2 Å². The number of rotatable bonds is 7. The van der Waals surface area contributed by atoms with Crippen molar-refractivity contribution >= 4 is 22.6 Å². The van der Waals surface area contributed by atoms with Crippen molar-refractivity contribution in [2.45, 2.75) is 13.3 Å². The van der Waals surface area contributed by atoms with Crippen LogP contribution >= 0.6 is 12.4 Å². The molecule has 0 aliphatic carbocycles. The second-order valence-corrected chi connectivity index (χ2v) is 5.42. The number of morpholine rings is 1. The summed E-state index contributed by atoms with van der Waals surface area (Å²) in [7, 11) is -3.31. The molecule has 6 nitrogen and oxygen atoms in total. The van der Waals surface area contributed by atoms with Gasteiger partial charge in [0, 0.05) is 26.2 Å². The van der Waals surface area contributed by atoms with Gasteiger partial charge in [0.25, 0.3) is 10.2 Å². The van der Waals surface area contributed by atoms with Crippen LogP contribution in [0.15, 0.2) is 0 Å². The number of nitrogens with zero attached hydrogens (tertiary/aromatic N) is 1. The Morgan fingerprint density at radius 2 is 1.82 bits per heavy atom. The molecule has 0 aromatic rings. The fourth-order valence-corrected chi connectivity index (χ4v) is 2.62. The molecule has 0 amide bonds. The fraction of sp³-hybridized carbons (Fsp3) is 1.00. The van der Waals surface area contributed by atoms with Gasteiger partial charge in [-0.15, -0.1) is 12.4 Å². The van der Waals surface area contributed by atoms with Gasteiger partial charge in [-0.3, -0.25) is 0 Å². The summed E-state index contributed by atoms with van der Waals surface area (Å²) >= 11 is 0. The largest absolute Gasteiger partial charge is 0.379 e. The summed E-state index contributed by atoms with van der Waals surface area (Å²) in [5.41, 5.74) is 0. The highest BCUT2D eigenvalue weighted by Crippen LogP contribution is 2.01. The molecule has 0 saturated carbocycles. The minimum atomic E-state index is -3.31. The first-order chi connectivity index (χ1) is 7.67. The maximum absolute atomic E-state index is 11.7. The summed E-state index contributed by atoms with van der Waals surface area (Å²) in [4.78, 5) is 0. The minimum absolute atomic E-state index is 0. The zero-order valence-corrected chi connectivity index (χ0v) is 11.8. The molecule has 0 aromatic heterocycles. The van der Waals surface area contributed by atoms with E-state index in [4.69, 9.17) is 4.74 Å². The second-order valence-electron chi connectivity index (χ2n) is 3.66. The second kappa shape index (κ2) is 9.07. The summed E-state index contributed by atoms with van der Waals surface area (Å²) in [6.07, 6.45) is 1.05. The molecule has 1 rings (SSSR count). The molecular formula is C9H22ClN3O3S. The topological polar surface area (TPSA) is 70.7 Å². The third kappa shape index (κ3) is 6.54. The van der Waals surface area contributed by atoms with Crippen LogP contribution < -0.4 is 10.0 Å². The van der Waals surface area contributed by atoms with Gasteiger partial charge in [-0.25, -0.2) is 4.72 Å². The third-order valence-corrected chi connectivity index (χ3v) is 3.94. The Kier molecular flexibility index (Phi) is 9.11. The van der Waals surface area contributed by atoms with Crippen LogP contribution in [0.2, 0.25) is 0 Å². The Bertz CT molecular complexity index is 281. The molecule has 104 valence electrons. The van der Waals surface area contributed by atoms with Crippen molar-refractivity contribution in [1.82, 2.24) is 14.3 Å². The molecule has 1 aliphatic rings. The third-order valence-electron chi connectivity index (χ3n) is 2.32. The van der Waals surface area contributed by atoms with Crippen molar-refractivity contribution in [3.63, 3.8) is 0 Å². The monoisotopic (exact) mass is 287 g/mol. The van der Waals surface area contributed by atoms with Crippen molar-refractivity contribution in [2.75, 3.05) is 45.9 Å². The Morgan fingerprint density at radius 3 is 2.41 bits per heavy atom. The molecule has 1 aliphatic heterocycles. The summed E-state index contributed by atoms with van der Waals surface area (Å²) in [5, 5.41) is 3.14. The highest BCUT2D eigenvalue weighted by atomic mass is 35.5. The standard InChI is InChI=1S/C9H21N3O3S.ClH/c1-2-3-10-4-5-11-16(13,14)12-6-8-15-9-7-12;/h10-11H,2-9H2,1H3;1H. The fourth-order valence-electron chi connectivity index (χ4n) is 1.45. The van der Waals surface area contributed by atoms with Crippen molar-refractivity contribution in [2.24, 2.45) is 0 Å².